The Bertz CT molecular complexity index is 245. The Morgan fingerprint density at radius 2 is 2.15 bits per heavy atom. The van der Waals surface area contributed by atoms with Crippen LogP contribution in [0.2, 0.25) is 0 Å². The van der Waals surface area contributed by atoms with Crippen LogP contribution in [0.15, 0.2) is 11.6 Å². The van der Waals surface area contributed by atoms with Gasteiger partial charge in [-0.3, -0.25) is 4.79 Å². The third-order valence-corrected chi connectivity index (χ3v) is 3.41. The molecule has 0 heterocycles. The zero-order valence-corrected chi connectivity index (χ0v) is 9.02. The molecule has 1 aliphatic rings. The summed E-state index contributed by atoms with van der Waals surface area (Å²) in [4.78, 5) is 11.2. The Morgan fingerprint density at radius 3 is 2.54 bits per heavy atom. The van der Waals surface area contributed by atoms with Gasteiger partial charge in [0, 0.05) is 10.4 Å². The van der Waals surface area contributed by atoms with Crippen molar-refractivity contribution in [2.24, 2.45) is 17.3 Å². The van der Waals surface area contributed by atoms with Crippen molar-refractivity contribution in [3.8, 4) is 0 Å². The standard InChI is InChI=1S/C10H15ClO2/c1-6(11)10(2,3)8-5-7(8)9(12)13-4/h7-8H,1,5H2,2-4H3. The van der Waals surface area contributed by atoms with Crippen LogP contribution in [0.4, 0.5) is 0 Å². The molecule has 2 unspecified atom stereocenters. The average Bonchev–Trinajstić information content (AvgIpc) is 2.81. The summed E-state index contributed by atoms with van der Waals surface area (Å²) in [6.07, 6.45) is 0.866. The third-order valence-electron chi connectivity index (χ3n) is 2.92. The minimum atomic E-state index is -0.166. The Labute approximate surface area is 83.9 Å². The first kappa shape index (κ1) is 10.6. The van der Waals surface area contributed by atoms with E-state index in [-0.39, 0.29) is 17.3 Å². The molecule has 13 heavy (non-hydrogen) atoms. The van der Waals surface area contributed by atoms with Gasteiger partial charge < -0.3 is 4.74 Å². The number of allylic oxidation sites excluding steroid dienone is 1. The molecule has 0 aromatic heterocycles. The molecule has 1 aliphatic carbocycles. The van der Waals surface area contributed by atoms with E-state index in [0.29, 0.717) is 11.0 Å². The molecule has 74 valence electrons. The third kappa shape index (κ3) is 1.88. The topological polar surface area (TPSA) is 26.3 Å². The number of carbonyl (C=O) groups is 1. The number of halogens is 1. The second-order valence-corrected chi connectivity index (χ2v) is 4.55. The largest absolute Gasteiger partial charge is 0.469 e. The first-order valence-electron chi connectivity index (χ1n) is 4.34. The molecule has 2 nitrogen and oxygen atoms in total. The molecule has 0 spiro atoms. The SMILES string of the molecule is C=C(Cl)C(C)(C)C1CC1C(=O)OC. The zero-order chi connectivity index (χ0) is 10.2. The molecule has 2 atom stereocenters. The molecular formula is C10H15ClO2. The molecule has 0 N–H and O–H groups in total. The predicted octanol–water partition coefficient (Wildman–Crippen LogP) is 2.57. The van der Waals surface area contributed by atoms with E-state index in [1.54, 1.807) is 0 Å². The van der Waals surface area contributed by atoms with Gasteiger partial charge in [0.05, 0.1) is 13.0 Å². The zero-order valence-electron chi connectivity index (χ0n) is 8.26. The maximum absolute atomic E-state index is 11.2. The van der Waals surface area contributed by atoms with Crippen LogP contribution in [0.5, 0.6) is 0 Å². The molecule has 0 aliphatic heterocycles. The lowest BCUT2D eigenvalue weighted by Crippen LogP contribution is -2.18. The van der Waals surface area contributed by atoms with Crippen molar-refractivity contribution in [3.63, 3.8) is 0 Å². The van der Waals surface area contributed by atoms with Gasteiger partial charge in [-0.1, -0.05) is 32.0 Å². The maximum atomic E-state index is 11.2. The van der Waals surface area contributed by atoms with Crippen LogP contribution in [0.3, 0.4) is 0 Å². The van der Waals surface area contributed by atoms with Crippen LogP contribution in [0, 0.1) is 17.3 Å². The molecule has 0 saturated heterocycles. The van der Waals surface area contributed by atoms with Gasteiger partial charge in [0.25, 0.3) is 0 Å². The second-order valence-electron chi connectivity index (χ2n) is 4.10. The predicted molar refractivity (Wildman–Crippen MR) is 52.4 cm³/mol. The minimum absolute atomic E-state index is 0.0236. The van der Waals surface area contributed by atoms with Gasteiger partial charge in [0.15, 0.2) is 0 Å². The van der Waals surface area contributed by atoms with Gasteiger partial charge in [0.1, 0.15) is 0 Å². The van der Waals surface area contributed by atoms with E-state index in [1.807, 2.05) is 13.8 Å². The summed E-state index contributed by atoms with van der Waals surface area (Å²) in [6.45, 7) is 7.74. The van der Waals surface area contributed by atoms with E-state index in [4.69, 9.17) is 11.6 Å². The highest BCUT2D eigenvalue weighted by Gasteiger charge is 2.53. The number of ether oxygens (including phenoxy) is 1. The van der Waals surface area contributed by atoms with Crippen LogP contribution in [0.1, 0.15) is 20.3 Å². The van der Waals surface area contributed by atoms with Crippen LogP contribution in [0.25, 0.3) is 0 Å². The van der Waals surface area contributed by atoms with Crippen molar-refractivity contribution in [3.05, 3.63) is 11.6 Å². The van der Waals surface area contributed by atoms with Gasteiger partial charge >= 0.3 is 5.97 Å². The maximum Gasteiger partial charge on any atom is 0.308 e. The van der Waals surface area contributed by atoms with Crippen LogP contribution >= 0.6 is 11.6 Å². The van der Waals surface area contributed by atoms with Gasteiger partial charge in [-0.25, -0.2) is 0 Å². The van der Waals surface area contributed by atoms with Crippen molar-refractivity contribution in [1.82, 2.24) is 0 Å². The molecule has 0 aromatic carbocycles. The Hall–Kier alpha value is -0.500. The number of rotatable bonds is 3. The Kier molecular flexibility index (Phi) is 2.71. The fourth-order valence-electron chi connectivity index (χ4n) is 1.61. The van der Waals surface area contributed by atoms with Crippen molar-refractivity contribution in [2.45, 2.75) is 20.3 Å². The number of hydrogen-bond donors (Lipinski definition) is 0. The fraction of sp³-hybridized carbons (Fsp3) is 0.700. The quantitative estimate of drug-likeness (QED) is 0.658. The van der Waals surface area contributed by atoms with E-state index in [2.05, 4.69) is 11.3 Å². The summed E-state index contributed by atoms with van der Waals surface area (Å²) in [5, 5.41) is 0.615. The molecule has 3 heteroatoms. The number of hydrogen-bond acceptors (Lipinski definition) is 2. The summed E-state index contributed by atoms with van der Waals surface area (Å²) in [5.74, 6) is 0.191. The average molecular weight is 203 g/mol. The molecule has 1 saturated carbocycles. The molecule has 0 amide bonds. The fourth-order valence-corrected chi connectivity index (χ4v) is 1.75. The highest BCUT2D eigenvalue weighted by atomic mass is 35.5. The van der Waals surface area contributed by atoms with E-state index in [1.165, 1.54) is 7.11 Å². The summed E-state index contributed by atoms with van der Waals surface area (Å²) in [5.41, 5.74) is -0.166. The van der Waals surface area contributed by atoms with Crippen LogP contribution < -0.4 is 0 Å². The number of esters is 1. The smallest absolute Gasteiger partial charge is 0.308 e. The molecule has 1 rings (SSSR count). The van der Waals surface area contributed by atoms with E-state index < -0.39 is 0 Å². The first-order chi connectivity index (χ1) is 5.91. The summed E-state index contributed by atoms with van der Waals surface area (Å²) in [7, 11) is 1.42. The molecule has 0 aromatic rings. The van der Waals surface area contributed by atoms with Crippen molar-refractivity contribution < 1.29 is 9.53 Å². The van der Waals surface area contributed by atoms with Crippen LogP contribution in [-0.4, -0.2) is 13.1 Å². The monoisotopic (exact) mass is 202 g/mol. The lowest BCUT2D eigenvalue weighted by Gasteiger charge is -2.23. The Morgan fingerprint density at radius 1 is 1.62 bits per heavy atom. The first-order valence-corrected chi connectivity index (χ1v) is 4.71. The Balaban J connectivity index is 2.60. The van der Waals surface area contributed by atoms with E-state index >= 15 is 0 Å². The molecule has 0 radical (unpaired) electrons. The van der Waals surface area contributed by atoms with E-state index in [0.717, 1.165) is 6.42 Å². The lowest BCUT2D eigenvalue weighted by molar-refractivity contribution is -0.142. The van der Waals surface area contributed by atoms with Gasteiger partial charge in [-0.2, -0.15) is 0 Å². The van der Waals surface area contributed by atoms with Crippen molar-refractivity contribution in [1.29, 1.82) is 0 Å². The molecular weight excluding hydrogens is 188 g/mol. The molecule has 0 bridgehead atoms. The van der Waals surface area contributed by atoms with Crippen LogP contribution in [-0.2, 0) is 9.53 Å². The van der Waals surface area contributed by atoms with Crippen molar-refractivity contribution >= 4 is 17.6 Å². The second kappa shape index (κ2) is 3.33. The summed E-state index contributed by atoms with van der Waals surface area (Å²) in [6, 6.07) is 0. The summed E-state index contributed by atoms with van der Waals surface area (Å²) >= 11 is 5.87. The van der Waals surface area contributed by atoms with Gasteiger partial charge in [0.2, 0.25) is 0 Å². The highest BCUT2D eigenvalue weighted by molar-refractivity contribution is 6.30. The molecule has 1 fully saturated rings. The highest BCUT2D eigenvalue weighted by Crippen LogP contribution is 2.55. The van der Waals surface area contributed by atoms with Gasteiger partial charge in [-0.05, 0) is 12.3 Å². The van der Waals surface area contributed by atoms with Crippen molar-refractivity contribution in [2.75, 3.05) is 7.11 Å². The normalized spacial score (nSPS) is 26.8. The number of methoxy groups -OCH3 is 1. The van der Waals surface area contributed by atoms with Gasteiger partial charge in [-0.15, -0.1) is 0 Å². The lowest BCUT2D eigenvalue weighted by atomic mass is 9.86. The summed E-state index contributed by atoms with van der Waals surface area (Å²) < 4.78 is 4.67. The number of carbonyl (C=O) groups excluding carboxylic acids is 1. The minimum Gasteiger partial charge on any atom is -0.469 e. The van der Waals surface area contributed by atoms with E-state index in [9.17, 15) is 4.79 Å².